The van der Waals surface area contributed by atoms with Crippen LogP contribution in [0.2, 0.25) is 0 Å². The number of rotatable bonds is 2. The maximum Gasteiger partial charge on any atom is 0.328 e. The molecule has 1 rings (SSSR count). The van der Waals surface area contributed by atoms with E-state index in [1.54, 1.807) is 4.90 Å². The monoisotopic (exact) mass is 290 g/mol. The largest absolute Gasteiger partial charge is 0.370 e. The number of hydrogen-bond donors (Lipinski definition) is 2. The van der Waals surface area contributed by atoms with Gasteiger partial charge in [-0.2, -0.15) is 0 Å². The molecule has 5 heteroatoms. The van der Waals surface area contributed by atoms with Crippen molar-refractivity contribution in [2.24, 2.45) is 10.7 Å². The molecule has 0 aliphatic heterocycles. The molecule has 21 heavy (non-hydrogen) atoms. The van der Waals surface area contributed by atoms with Crippen LogP contribution in [0.25, 0.3) is 0 Å². The lowest BCUT2D eigenvalue weighted by Gasteiger charge is -2.25. The summed E-state index contributed by atoms with van der Waals surface area (Å²) in [5, 5.41) is 2.66. The Balaban J connectivity index is 3.01. The predicted octanol–water partition coefficient (Wildman–Crippen LogP) is 2.95. The van der Waals surface area contributed by atoms with Crippen molar-refractivity contribution < 1.29 is 4.79 Å². The summed E-state index contributed by atoms with van der Waals surface area (Å²) in [6.07, 6.45) is 0. The molecular formula is C16H26N4O. The Bertz CT molecular complexity index is 523. The van der Waals surface area contributed by atoms with Gasteiger partial charge in [-0.05, 0) is 52.7 Å². The molecule has 0 aliphatic rings. The second-order valence-corrected chi connectivity index (χ2v) is 6.08. The Labute approximate surface area is 127 Å². The van der Waals surface area contributed by atoms with Gasteiger partial charge in [0.05, 0.1) is 11.2 Å². The third-order valence-corrected chi connectivity index (χ3v) is 2.96. The van der Waals surface area contributed by atoms with E-state index in [1.807, 2.05) is 59.7 Å². The molecule has 1 aromatic rings. The van der Waals surface area contributed by atoms with E-state index >= 15 is 0 Å². The second kappa shape index (κ2) is 6.61. The summed E-state index contributed by atoms with van der Waals surface area (Å²) in [5.41, 5.74) is 8.50. The van der Waals surface area contributed by atoms with Crippen LogP contribution in [-0.2, 0) is 0 Å². The molecule has 2 amide bonds. The van der Waals surface area contributed by atoms with E-state index < -0.39 is 0 Å². The van der Waals surface area contributed by atoms with Crippen molar-refractivity contribution >= 4 is 17.7 Å². The molecular weight excluding hydrogens is 264 g/mol. The molecule has 0 spiro atoms. The number of nitrogens with two attached hydrogens (primary N) is 1. The summed E-state index contributed by atoms with van der Waals surface area (Å²) in [4.78, 5) is 18.3. The minimum absolute atomic E-state index is 0.136. The van der Waals surface area contributed by atoms with E-state index in [0.717, 1.165) is 16.8 Å². The molecule has 0 fully saturated rings. The first-order valence-electron chi connectivity index (χ1n) is 7.15. The highest BCUT2D eigenvalue weighted by Crippen LogP contribution is 2.24. The van der Waals surface area contributed by atoms with Gasteiger partial charge in [0.2, 0.25) is 0 Å². The molecule has 0 radical (unpaired) electrons. The normalized spacial score (nSPS) is 12.2. The van der Waals surface area contributed by atoms with E-state index in [2.05, 4.69) is 10.3 Å². The number of anilines is 1. The maximum atomic E-state index is 12.4. The zero-order valence-electron chi connectivity index (χ0n) is 13.8. The van der Waals surface area contributed by atoms with Crippen molar-refractivity contribution in [1.82, 2.24) is 5.32 Å². The van der Waals surface area contributed by atoms with E-state index in [0.29, 0.717) is 6.54 Å². The van der Waals surface area contributed by atoms with Crippen molar-refractivity contribution in [2.75, 3.05) is 11.4 Å². The second-order valence-electron chi connectivity index (χ2n) is 6.08. The van der Waals surface area contributed by atoms with Crippen LogP contribution in [0.5, 0.6) is 0 Å². The number of aliphatic imine (C=N–C) groups is 1. The average Bonchev–Trinajstić information content (AvgIpc) is 2.31. The smallest absolute Gasteiger partial charge is 0.328 e. The lowest BCUT2D eigenvalue weighted by molar-refractivity contribution is 0.250. The van der Waals surface area contributed by atoms with Crippen LogP contribution in [0, 0.1) is 13.8 Å². The van der Waals surface area contributed by atoms with E-state index in [-0.39, 0.29) is 17.5 Å². The molecule has 0 unspecified atom stereocenters. The van der Waals surface area contributed by atoms with Crippen LogP contribution in [0.15, 0.2) is 23.2 Å². The van der Waals surface area contributed by atoms with Crippen molar-refractivity contribution in [1.29, 1.82) is 0 Å². The number of nitrogens with zero attached hydrogens (tertiary/aromatic N) is 2. The Morgan fingerprint density at radius 1 is 1.29 bits per heavy atom. The van der Waals surface area contributed by atoms with Crippen molar-refractivity contribution in [3.63, 3.8) is 0 Å². The number of para-hydroxylation sites is 1. The van der Waals surface area contributed by atoms with Crippen LogP contribution in [-0.4, -0.2) is 24.1 Å². The third kappa shape index (κ3) is 4.77. The molecule has 116 valence electrons. The number of benzene rings is 1. The van der Waals surface area contributed by atoms with Gasteiger partial charge in [0, 0.05) is 6.54 Å². The summed E-state index contributed by atoms with van der Waals surface area (Å²) in [6.45, 7) is 12.2. The first-order chi connectivity index (χ1) is 9.65. The summed E-state index contributed by atoms with van der Waals surface area (Å²) in [7, 11) is 0. The molecule has 3 N–H and O–H groups in total. The van der Waals surface area contributed by atoms with Gasteiger partial charge in [0.1, 0.15) is 0 Å². The topological polar surface area (TPSA) is 70.7 Å². The summed E-state index contributed by atoms with van der Waals surface area (Å²) in [5.74, 6) is 0.136. The van der Waals surface area contributed by atoms with Gasteiger partial charge in [0.15, 0.2) is 5.96 Å². The lowest BCUT2D eigenvalue weighted by atomic mass is 10.1. The third-order valence-electron chi connectivity index (χ3n) is 2.96. The van der Waals surface area contributed by atoms with Crippen LogP contribution < -0.4 is 16.0 Å². The summed E-state index contributed by atoms with van der Waals surface area (Å²) in [6, 6.07) is 5.70. The van der Waals surface area contributed by atoms with Gasteiger partial charge in [0.25, 0.3) is 0 Å². The quantitative estimate of drug-likeness (QED) is 0.649. The number of nitrogens with one attached hydrogen (secondary N) is 1. The molecule has 5 nitrogen and oxygen atoms in total. The van der Waals surface area contributed by atoms with E-state index in [1.165, 1.54) is 0 Å². The Hall–Kier alpha value is -2.04. The Morgan fingerprint density at radius 2 is 1.81 bits per heavy atom. The average molecular weight is 290 g/mol. The molecule has 0 saturated heterocycles. The van der Waals surface area contributed by atoms with Crippen molar-refractivity contribution in [2.45, 2.75) is 47.1 Å². The van der Waals surface area contributed by atoms with Crippen LogP contribution >= 0.6 is 0 Å². The zero-order chi connectivity index (χ0) is 16.2. The van der Waals surface area contributed by atoms with Gasteiger partial charge in [-0.3, -0.25) is 10.2 Å². The Kier molecular flexibility index (Phi) is 5.35. The van der Waals surface area contributed by atoms with Gasteiger partial charge in [-0.15, -0.1) is 0 Å². The first kappa shape index (κ1) is 17.0. The zero-order valence-corrected chi connectivity index (χ0v) is 13.8. The van der Waals surface area contributed by atoms with Gasteiger partial charge >= 0.3 is 6.03 Å². The Morgan fingerprint density at radius 3 is 2.24 bits per heavy atom. The van der Waals surface area contributed by atoms with Gasteiger partial charge < -0.3 is 5.73 Å². The number of aryl methyl sites for hydroxylation is 2. The minimum Gasteiger partial charge on any atom is -0.370 e. The number of carbonyl (C=O) groups excluding carboxylic acids is 1. The van der Waals surface area contributed by atoms with E-state index in [9.17, 15) is 4.79 Å². The van der Waals surface area contributed by atoms with Crippen LogP contribution in [0.4, 0.5) is 10.5 Å². The molecule has 0 aliphatic carbocycles. The number of urea groups is 1. The molecule has 0 bridgehead atoms. The van der Waals surface area contributed by atoms with Crippen molar-refractivity contribution in [3.8, 4) is 0 Å². The molecule has 1 aromatic carbocycles. The van der Waals surface area contributed by atoms with Gasteiger partial charge in [-0.25, -0.2) is 9.79 Å². The summed E-state index contributed by atoms with van der Waals surface area (Å²) < 4.78 is 0. The highest BCUT2D eigenvalue weighted by molar-refractivity contribution is 6.04. The van der Waals surface area contributed by atoms with Crippen molar-refractivity contribution in [3.05, 3.63) is 29.3 Å². The lowest BCUT2D eigenvalue weighted by Crippen LogP contribution is -2.47. The standard InChI is InChI=1S/C16H26N4O/c1-7-20(13-11(2)9-8-10-12(13)3)15(21)18-14(17)19-16(4,5)6/h8-10H,7H2,1-6H3,(H3,17,18,19,21). The fraction of sp³-hybridized carbons (Fsp3) is 0.500. The highest BCUT2D eigenvalue weighted by Gasteiger charge is 2.19. The molecule has 0 atom stereocenters. The van der Waals surface area contributed by atoms with Crippen LogP contribution in [0.1, 0.15) is 38.8 Å². The predicted molar refractivity (Wildman–Crippen MR) is 88.8 cm³/mol. The number of carbonyl (C=O) groups is 1. The number of hydrogen-bond acceptors (Lipinski definition) is 2. The fourth-order valence-electron chi connectivity index (χ4n) is 2.20. The first-order valence-corrected chi connectivity index (χ1v) is 7.15. The number of amides is 2. The van der Waals surface area contributed by atoms with Crippen LogP contribution in [0.3, 0.4) is 0 Å². The number of guanidine groups is 1. The molecule has 0 aromatic heterocycles. The van der Waals surface area contributed by atoms with E-state index in [4.69, 9.17) is 5.73 Å². The molecule has 0 heterocycles. The maximum absolute atomic E-state index is 12.4. The molecule has 0 saturated carbocycles. The minimum atomic E-state index is -0.326. The van der Waals surface area contributed by atoms with Gasteiger partial charge in [-0.1, -0.05) is 18.2 Å². The summed E-state index contributed by atoms with van der Waals surface area (Å²) >= 11 is 0. The fourth-order valence-corrected chi connectivity index (χ4v) is 2.20. The SMILES string of the molecule is CCN(C(=O)NC(N)=NC(C)(C)C)c1c(C)cccc1C. The highest BCUT2D eigenvalue weighted by atomic mass is 16.2.